The highest BCUT2D eigenvalue weighted by atomic mass is 19.1. The third-order valence-electron chi connectivity index (χ3n) is 3.04. The van der Waals surface area contributed by atoms with E-state index in [9.17, 15) is 14.3 Å². The first-order chi connectivity index (χ1) is 8.65. The highest BCUT2D eigenvalue weighted by molar-refractivity contribution is 5.91. The molecule has 0 bridgehead atoms. The third-order valence-corrected chi connectivity index (χ3v) is 3.04. The van der Waals surface area contributed by atoms with Crippen LogP contribution in [0.4, 0.5) is 4.39 Å². The maximum absolute atomic E-state index is 12.9. The molecule has 0 saturated carbocycles. The van der Waals surface area contributed by atoms with E-state index in [-0.39, 0.29) is 17.8 Å². The summed E-state index contributed by atoms with van der Waals surface area (Å²) < 4.78 is 12.9. The monoisotopic (exact) mass is 249 g/mol. The van der Waals surface area contributed by atoms with Gasteiger partial charge in [-0.1, -0.05) is 12.1 Å². The highest BCUT2D eigenvalue weighted by Crippen LogP contribution is 2.11. The van der Waals surface area contributed by atoms with Gasteiger partial charge in [0.1, 0.15) is 5.82 Å². The van der Waals surface area contributed by atoms with Crippen molar-refractivity contribution in [3.05, 3.63) is 41.7 Å². The zero-order valence-corrected chi connectivity index (χ0v) is 10.1. The molecule has 1 saturated heterocycles. The molecule has 96 valence electrons. The molecule has 1 aromatic carbocycles. The number of nitrogens with zero attached hydrogens (tertiary/aromatic N) is 1. The summed E-state index contributed by atoms with van der Waals surface area (Å²) in [5, 5.41) is 9.35. The maximum atomic E-state index is 12.9. The van der Waals surface area contributed by atoms with E-state index in [0.29, 0.717) is 31.5 Å². The summed E-state index contributed by atoms with van der Waals surface area (Å²) in [6.07, 6.45) is 4.02. The first-order valence-corrected chi connectivity index (χ1v) is 6.06. The van der Waals surface area contributed by atoms with E-state index in [1.807, 2.05) is 0 Å². The lowest BCUT2D eigenvalue weighted by molar-refractivity contribution is -0.127. The number of carbonyl (C=O) groups is 1. The summed E-state index contributed by atoms with van der Waals surface area (Å²) in [4.78, 5) is 13.5. The van der Waals surface area contributed by atoms with Gasteiger partial charge in [0.2, 0.25) is 5.91 Å². The summed E-state index contributed by atoms with van der Waals surface area (Å²) >= 11 is 0. The lowest BCUT2D eigenvalue weighted by Crippen LogP contribution is -2.39. The van der Waals surface area contributed by atoms with Crippen molar-refractivity contribution in [2.45, 2.75) is 18.9 Å². The van der Waals surface area contributed by atoms with E-state index >= 15 is 0 Å². The predicted molar refractivity (Wildman–Crippen MR) is 67.3 cm³/mol. The van der Waals surface area contributed by atoms with E-state index in [1.165, 1.54) is 18.2 Å². The summed E-state index contributed by atoms with van der Waals surface area (Å²) in [7, 11) is 0. The van der Waals surface area contributed by atoms with Crippen LogP contribution in [0, 0.1) is 5.82 Å². The van der Waals surface area contributed by atoms with Gasteiger partial charge in [-0.05, 0) is 36.6 Å². The predicted octanol–water partition coefficient (Wildman–Crippen LogP) is 1.82. The first-order valence-electron chi connectivity index (χ1n) is 6.06. The van der Waals surface area contributed by atoms with Crippen molar-refractivity contribution in [3.63, 3.8) is 0 Å². The molecule has 2 rings (SSSR count). The van der Waals surface area contributed by atoms with Gasteiger partial charge in [0, 0.05) is 19.2 Å². The van der Waals surface area contributed by atoms with Crippen molar-refractivity contribution in [2.24, 2.45) is 0 Å². The number of likely N-dealkylation sites (tertiary alicyclic amines) is 1. The van der Waals surface area contributed by atoms with Gasteiger partial charge in [-0.3, -0.25) is 4.79 Å². The zero-order valence-electron chi connectivity index (χ0n) is 10.1. The minimum absolute atomic E-state index is 0.0915. The average Bonchev–Trinajstić information content (AvgIpc) is 2.37. The zero-order chi connectivity index (χ0) is 13.0. The quantitative estimate of drug-likeness (QED) is 0.812. The second-order valence-corrected chi connectivity index (χ2v) is 4.44. The normalized spacial score (nSPS) is 17.3. The van der Waals surface area contributed by atoms with Gasteiger partial charge < -0.3 is 10.0 Å². The van der Waals surface area contributed by atoms with E-state index in [1.54, 1.807) is 23.1 Å². The standard InChI is InChI=1S/C14H16FNO2/c15-12-3-1-2-11(10-12)4-5-14(18)16-8-6-13(17)7-9-16/h1-5,10,13,17H,6-9H2. The molecule has 1 aliphatic rings. The Labute approximate surface area is 106 Å². The Morgan fingerprint density at radius 3 is 2.78 bits per heavy atom. The molecule has 1 fully saturated rings. The lowest BCUT2D eigenvalue weighted by atomic mass is 10.1. The van der Waals surface area contributed by atoms with Gasteiger partial charge >= 0.3 is 0 Å². The fourth-order valence-corrected chi connectivity index (χ4v) is 1.97. The Morgan fingerprint density at radius 1 is 1.39 bits per heavy atom. The first kappa shape index (κ1) is 12.8. The van der Waals surface area contributed by atoms with Gasteiger partial charge in [-0.2, -0.15) is 0 Å². The minimum Gasteiger partial charge on any atom is -0.393 e. The molecule has 0 atom stereocenters. The minimum atomic E-state index is -0.314. The molecule has 1 N–H and O–H groups in total. The van der Waals surface area contributed by atoms with Crippen LogP contribution in [0.5, 0.6) is 0 Å². The maximum Gasteiger partial charge on any atom is 0.246 e. The van der Waals surface area contributed by atoms with Crippen molar-refractivity contribution in [1.82, 2.24) is 4.90 Å². The summed E-state index contributed by atoms with van der Waals surface area (Å²) in [5.74, 6) is -0.406. The molecule has 18 heavy (non-hydrogen) atoms. The lowest BCUT2D eigenvalue weighted by Gasteiger charge is -2.28. The van der Waals surface area contributed by atoms with Crippen LogP contribution in [0.25, 0.3) is 6.08 Å². The van der Waals surface area contributed by atoms with Crippen LogP contribution >= 0.6 is 0 Å². The number of aliphatic hydroxyl groups excluding tert-OH is 1. The molecular weight excluding hydrogens is 233 g/mol. The average molecular weight is 249 g/mol. The number of piperidine rings is 1. The number of hydrogen-bond acceptors (Lipinski definition) is 2. The van der Waals surface area contributed by atoms with Crippen LogP contribution in [0.1, 0.15) is 18.4 Å². The molecule has 0 aliphatic carbocycles. The fraction of sp³-hybridized carbons (Fsp3) is 0.357. The van der Waals surface area contributed by atoms with Crippen LogP contribution in [-0.2, 0) is 4.79 Å². The Kier molecular flexibility index (Phi) is 4.10. The van der Waals surface area contributed by atoms with Crippen molar-refractivity contribution in [1.29, 1.82) is 0 Å². The van der Waals surface area contributed by atoms with Crippen LogP contribution in [0.15, 0.2) is 30.3 Å². The molecule has 1 amide bonds. The SMILES string of the molecule is O=C(C=Cc1cccc(F)c1)N1CCC(O)CC1. The van der Waals surface area contributed by atoms with Crippen LogP contribution in [0.2, 0.25) is 0 Å². The van der Waals surface area contributed by atoms with Crippen molar-refractivity contribution >= 4 is 12.0 Å². The van der Waals surface area contributed by atoms with Gasteiger partial charge in [0.25, 0.3) is 0 Å². The second-order valence-electron chi connectivity index (χ2n) is 4.44. The van der Waals surface area contributed by atoms with Crippen molar-refractivity contribution in [3.8, 4) is 0 Å². The van der Waals surface area contributed by atoms with Crippen LogP contribution < -0.4 is 0 Å². The molecule has 1 aromatic rings. The number of amides is 1. The number of benzene rings is 1. The molecule has 0 aromatic heterocycles. The second kappa shape index (κ2) is 5.78. The number of aliphatic hydroxyl groups is 1. The summed E-state index contributed by atoms with van der Waals surface area (Å²) in [5.41, 5.74) is 0.667. The molecular formula is C14H16FNO2. The number of rotatable bonds is 2. The molecule has 1 aliphatic heterocycles. The Hall–Kier alpha value is -1.68. The molecule has 4 heteroatoms. The van der Waals surface area contributed by atoms with Gasteiger partial charge in [-0.25, -0.2) is 4.39 Å². The molecule has 1 heterocycles. The van der Waals surface area contributed by atoms with E-state index in [4.69, 9.17) is 0 Å². The van der Waals surface area contributed by atoms with E-state index < -0.39 is 0 Å². The number of hydrogen-bond donors (Lipinski definition) is 1. The third kappa shape index (κ3) is 3.40. The van der Waals surface area contributed by atoms with Crippen molar-refractivity contribution < 1.29 is 14.3 Å². The molecule has 0 spiro atoms. The summed E-state index contributed by atoms with van der Waals surface area (Å²) in [6, 6.07) is 6.10. The molecule has 0 unspecified atom stereocenters. The Morgan fingerprint density at radius 2 is 2.11 bits per heavy atom. The van der Waals surface area contributed by atoms with E-state index in [0.717, 1.165) is 0 Å². The number of carbonyl (C=O) groups excluding carboxylic acids is 1. The largest absolute Gasteiger partial charge is 0.393 e. The fourth-order valence-electron chi connectivity index (χ4n) is 1.97. The van der Waals surface area contributed by atoms with Crippen LogP contribution in [0.3, 0.4) is 0 Å². The highest BCUT2D eigenvalue weighted by Gasteiger charge is 2.19. The molecule has 3 nitrogen and oxygen atoms in total. The van der Waals surface area contributed by atoms with Gasteiger partial charge in [-0.15, -0.1) is 0 Å². The van der Waals surface area contributed by atoms with Crippen molar-refractivity contribution in [2.75, 3.05) is 13.1 Å². The molecule has 0 radical (unpaired) electrons. The van der Waals surface area contributed by atoms with Gasteiger partial charge in [0.05, 0.1) is 6.10 Å². The topological polar surface area (TPSA) is 40.5 Å². The Bertz CT molecular complexity index is 451. The van der Waals surface area contributed by atoms with E-state index in [2.05, 4.69) is 0 Å². The van der Waals surface area contributed by atoms with Crippen LogP contribution in [-0.4, -0.2) is 35.1 Å². The summed E-state index contributed by atoms with van der Waals surface area (Å²) in [6.45, 7) is 1.15. The Balaban J connectivity index is 1.94. The smallest absolute Gasteiger partial charge is 0.246 e. The van der Waals surface area contributed by atoms with Gasteiger partial charge in [0.15, 0.2) is 0 Å². The number of halogens is 1.